The molecule has 4 rings (SSSR count). The van der Waals surface area contributed by atoms with Gasteiger partial charge < -0.3 is 15.0 Å². The summed E-state index contributed by atoms with van der Waals surface area (Å²) in [6.45, 7) is 4.43. The largest absolute Gasteiger partial charge is 0.494 e. The number of ether oxygens (including phenoxy) is 1. The summed E-state index contributed by atoms with van der Waals surface area (Å²) in [5.74, 6) is 0.0878. The first-order chi connectivity index (χ1) is 15.5. The molecular formula is C25H29N3O4. The number of nitrogens with one attached hydrogen (secondary N) is 1. The van der Waals surface area contributed by atoms with Crippen molar-refractivity contribution < 1.29 is 19.1 Å². The number of amides is 4. The van der Waals surface area contributed by atoms with Gasteiger partial charge in [-0.25, -0.2) is 9.69 Å². The van der Waals surface area contributed by atoms with Crippen LogP contribution < -0.4 is 15.0 Å². The summed E-state index contributed by atoms with van der Waals surface area (Å²) in [4.78, 5) is 42.4. The van der Waals surface area contributed by atoms with Crippen LogP contribution in [0.15, 0.2) is 48.5 Å². The molecule has 32 heavy (non-hydrogen) atoms. The third kappa shape index (κ3) is 4.47. The van der Waals surface area contributed by atoms with Crippen LogP contribution in [0.5, 0.6) is 5.75 Å². The Labute approximate surface area is 188 Å². The van der Waals surface area contributed by atoms with Crippen LogP contribution in [-0.2, 0) is 9.59 Å². The van der Waals surface area contributed by atoms with Crippen LogP contribution in [0.1, 0.15) is 44.6 Å². The van der Waals surface area contributed by atoms with Gasteiger partial charge >= 0.3 is 6.03 Å². The number of hydrogen-bond acceptors (Lipinski definition) is 4. The minimum Gasteiger partial charge on any atom is -0.494 e. The summed E-state index contributed by atoms with van der Waals surface area (Å²) in [5, 5.41) is 2.84. The zero-order valence-corrected chi connectivity index (χ0v) is 18.5. The molecule has 1 atom stereocenters. The monoisotopic (exact) mass is 435 g/mol. The van der Waals surface area contributed by atoms with Gasteiger partial charge in [-0.15, -0.1) is 0 Å². The van der Waals surface area contributed by atoms with Gasteiger partial charge in [-0.1, -0.05) is 30.5 Å². The van der Waals surface area contributed by atoms with Crippen molar-refractivity contribution in [3.63, 3.8) is 0 Å². The molecule has 1 aliphatic heterocycles. The van der Waals surface area contributed by atoms with Crippen molar-refractivity contribution in [2.75, 3.05) is 16.8 Å². The molecular weight excluding hydrogens is 406 g/mol. The first-order valence-electron chi connectivity index (χ1n) is 11.2. The maximum atomic E-state index is 13.3. The number of urea groups is 1. The summed E-state index contributed by atoms with van der Waals surface area (Å²) < 4.78 is 5.42. The molecule has 4 amide bonds. The quantitative estimate of drug-likeness (QED) is 0.650. The number of anilines is 2. The van der Waals surface area contributed by atoms with Crippen LogP contribution in [-0.4, -0.2) is 41.4 Å². The Morgan fingerprint density at radius 3 is 2.31 bits per heavy atom. The van der Waals surface area contributed by atoms with E-state index in [0.717, 1.165) is 37.0 Å². The molecule has 7 heteroatoms. The van der Waals surface area contributed by atoms with E-state index in [0.29, 0.717) is 18.0 Å². The zero-order valence-electron chi connectivity index (χ0n) is 18.5. The minimum atomic E-state index is -0.797. The average molecular weight is 436 g/mol. The predicted octanol–water partition coefficient (Wildman–Crippen LogP) is 4.50. The Kier molecular flexibility index (Phi) is 6.44. The van der Waals surface area contributed by atoms with E-state index in [-0.39, 0.29) is 30.3 Å². The van der Waals surface area contributed by atoms with Gasteiger partial charge in [0.1, 0.15) is 11.8 Å². The van der Waals surface area contributed by atoms with Crippen molar-refractivity contribution >= 4 is 29.2 Å². The summed E-state index contributed by atoms with van der Waals surface area (Å²) in [5.41, 5.74) is 2.22. The van der Waals surface area contributed by atoms with Crippen LogP contribution in [0.2, 0.25) is 0 Å². The van der Waals surface area contributed by atoms with Gasteiger partial charge in [0.15, 0.2) is 0 Å². The van der Waals surface area contributed by atoms with Crippen LogP contribution >= 0.6 is 0 Å². The van der Waals surface area contributed by atoms with Crippen molar-refractivity contribution in [2.45, 2.75) is 58.0 Å². The lowest BCUT2D eigenvalue weighted by Crippen LogP contribution is -2.43. The smallest absolute Gasteiger partial charge is 0.332 e. The van der Waals surface area contributed by atoms with Crippen LogP contribution in [0.25, 0.3) is 0 Å². The van der Waals surface area contributed by atoms with Crippen molar-refractivity contribution in [3.05, 3.63) is 54.1 Å². The Hall–Kier alpha value is -3.35. The molecule has 2 aromatic carbocycles. The van der Waals surface area contributed by atoms with Gasteiger partial charge in [-0.05, 0) is 63.1 Å². The van der Waals surface area contributed by atoms with Gasteiger partial charge in [0.05, 0.1) is 18.7 Å². The maximum absolute atomic E-state index is 13.3. The first-order valence-corrected chi connectivity index (χ1v) is 11.2. The number of hydrogen-bond donors (Lipinski definition) is 1. The fraction of sp³-hybridized carbons (Fsp3) is 0.400. The van der Waals surface area contributed by atoms with E-state index in [2.05, 4.69) is 5.32 Å². The Morgan fingerprint density at radius 2 is 1.69 bits per heavy atom. The van der Waals surface area contributed by atoms with Gasteiger partial charge in [-0.2, -0.15) is 0 Å². The van der Waals surface area contributed by atoms with E-state index >= 15 is 0 Å². The fourth-order valence-corrected chi connectivity index (χ4v) is 4.51. The number of rotatable bonds is 7. The van der Waals surface area contributed by atoms with Gasteiger partial charge in [0.25, 0.3) is 5.91 Å². The van der Waals surface area contributed by atoms with E-state index in [1.165, 1.54) is 4.90 Å². The number of aryl methyl sites for hydroxylation is 1. The highest BCUT2D eigenvalue weighted by Gasteiger charge is 2.49. The molecule has 2 aliphatic rings. The summed E-state index contributed by atoms with van der Waals surface area (Å²) in [6, 6.07) is 13.3. The maximum Gasteiger partial charge on any atom is 0.332 e. The van der Waals surface area contributed by atoms with Gasteiger partial charge in [0.2, 0.25) is 5.91 Å². The minimum absolute atomic E-state index is 0.00910. The van der Waals surface area contributed by atoms with Crippen LogP contribution in [0, 0.1) is 6.92 Å². The molecule has 0 radical (unpaired) electrons. The normalized spacial score (nSPS) is 19.0. The number of imide groups is 1. The molecule has 1 saturated heterocycles. The predicted molar refractivity (Wildman–Crippen MR) is 123 cm³/mol. The summed E-state index contributed by atoms with van der Waals surface area (Å²) in [7, 11) is 0. The van der Waals surface area contributed by atoms with E-state index in [9.17, 15) is 14.4 Å². The second kappa shape index (κ2) is 9.42. The second-order valence-corrected chi connectivity index (χ2v) is 8.36. The number of nitrogens with zero attached hydrogens (tertiary/aromatic N) is 2. The molecule has 168 valence electrons. The first kappa shape index (κ1) is 21.9. The highest BCUT2D eigenvalue weighted by Crippen LogP contribution is 2.34. The van der Waals surface area contributed by atoms with Crippen molar-refractivity contribution in [1.29, 1.82) is 0 Å². The standard InChI is InChI=1S/C25H29N3O4/c1-3-32-21-14-10-18(11-15-21)26-23(29)16-22-24(30)28(20-12-8-17(2)9-13-20)25(31)27(22)19-6-4-5-7-19/h8-15,19,22H,3-7,16H2,1-2H3,(H,26,29)/t22-/m1/s1. The zero-order chi connectivity index (χ0) is 22.7. The molecule has 2 fully saturated rings. The molecule has 7 nitrogen and oxygen atoms in total. The highest BCUT2D eigenvalue weighted by molar-refractivity contribution is 6.22. The third-order valence-electron chi connectivity index (χ3n) is 6.09. The Bertz CT molecular complexity index is 981. The summed E-state index contributed by atoms with van der Waals surface area (Å²) in [6.07, 6.45) is 3.70. The molecule has 0 aromatic heterocycles. The molecule has 0 bridgehead atoms. The van der Waals surface area contributed by atoms with E-state index in [1.54, 1.807) is 41.3 Å². The highest BCUT2D eigenvalue weighted by atomic mass is 16.5. The topological polar surface area (TPSA) is 79.0 Å². The van der Waals surface area contributed by atoms with Crippen LogP contribution in [0.3, 0.4) is 0 Å². The SMILES string of the molecule is CCOc1ccc(NC(=O)C[C@@H]2C(=O)N(c3ccc(C)cc3)C(=O)N2C2CCCC2)cc1. The molecule has 0 unspecified atom stereocenters. The average Bonchev–Trinajstić information content (AvgIpc) is 3.38. The van der Waals surface area contributed by atoms with Crippen LogP contribution in [0.4, 0.5) is 16.2 Å². The van der Waals surface area contributed by atoms with Crippen molar-refractivity contribution in [3.8, 4) is 5.75 Å². The second-order valence-electron chi connectivity index (χ2n) is 8.36. The van der Waals surface area contributed by atoms with Crippen molar-refractivity contribution in [1.82, 2.24) is 4.90 Å². The molecule has 1 aliphatic carbocycles. The molecule has 1 N–H and O–H groups in total. The van der Waals surface area contributed by atoms with Gasteiger partial charge in [0, 0.05) is 11.7 Å². The van der Waals surface area contributed by atoms with E-state index in [4.69, 9.17) is 4.74 Å². The Balaban J connectivity index is 1.52. The fourth-order valence-electron chi connectivity index (χ4n) is 4.51. The lowest BCUT2D eigenvalue weighted by Gasteiger charge is -2.27. The van der Waals surface area contributed by atoms with Gasteiger partial charge in [-0.3, -0.25) is 9.59 Å². The number of carbonyl (C=O) groups excluding carboxylic acids is 3. The lowest BCUT2D eigenvalue weighted by atomic mass is 10.1. The molecule has 1 saturated carbocycles. The summed E-state index contributed by atoms with van der Waals surface area (Å²) >= 11 is 0. The molecule has 1 heterocycles. The third-order valence-corrected chi connectivity index (χ3v) is 6.09. The Morgan fingerprint density at radius 1 is 1.03 bits per heavy atom. The number of carbonyl (C=O) groups is 3. The van der Waals surface area contributed by atoms with E-state index in [1.807, 2.05) is 26.0 Å². The molecule has 2 aromatic rings. The van der Waals surface area contributed by atoms with Crippen molar-refractivity contribution in [2.24, 2.45) is 0 Å². The lowest BCUT2D eigenvalue weighted by molar-refractivity contribution is -0.124. The van der Waals surface area contributed by atoms with E-state index < -0.39 is 6.04 Å². The number of benzene rings is 2. The molecule has 0 spiro atoms.